The van der Waals surface area contributed by atoms with Gasteiger partial charge >= 0.3 is 5.97 Å². The van der Waals surface area contributed by atoms with Crippen molar-refractivity contribution in [2.75, 3.05) is 18.2 Å². The molecule has 2 N–H and O–H groups in total. The number of allylic oxidation sites excluding steroid dienone is 1. The van der Waals surface area contributed by atoms with E-state index < -0.39 is 17.7 Å². The van der Waals surface area contributed by atoms with E-state index in [1.807, 2.05) is 0 Å². The Morgan fingerprint density at radius 1 is 1.41 bits per heavy atom. The number of anilines is 1. The number of thioether (sulfide) groups is 1. The third-order valence-corrected chi connectivity index (χ3v) is 5.04. The van der Waals surface area contributed by atoms with Crippen LogP contribution >= 0.6 is 11.8 Å². The Morgan fingerprint density at radius 3 is 2.74 bits per heavy atom. The number of ether oxygens (including phenoxy) is 1. The second-order valence-electron chi connectivity index (χ2n) is 5.87. The number of aromatic nitrogens is 2. The molecule has 0 radical (unpaired) electrons. The molecule has 0 fully saturated rings. The maximum Gasteiger partial charge on any atom is 0.336 e. The molecule has 0 unspecified atom stereocenters. The molecule has 2 heterocycles. The normalized spacial score (nSPS) is 15.7. The number of esters is 1. The van der Waals surface area contributed by atoms with Gasteiger partial charge in [-0.2, -0.15) is 0 Å². The third kappa shape index (κ3) is 3.66. The van der Waals surface area contributed by atoms with Crippen LogP contribution in [0.1, 0.15) is 24.0 Å². The molecule has 0 saturated heterocycles. The lowest BCUT2D eigenvalue weighted by atomic mass is 9.82. The van der Waals surface area contributed by atoms with Crippen LogP contribution in [0.5, 0.6) is 0 Å². The second kappa shape index (κ2) is 7.79. The van der Waals surface area contributed by atoms with E-state index in [2.05, 4.69) is 21.9 Å². The summed E-state index contributed by atoms with van der Waals surface area (Å²) in [6.45, 7) is 5.36. The second-order valence-corrected chi connectivity index (χ2v) is 6.88. The zero-order valence-corrected chi connectivity index (χ0v) is 15.7. The quantitative estimate of drug-likeness (QED) is 0.355. The molecule has 0 aliphatic carbocycles. The predicted molar refractivity (Wildman–Crippen MR) is 102 cm³/mol. The zero-order valence-electron chi connectivity index (χ0n) is 14.8. The van der Waals surface area contributed by atoms with Crippen molar-refractivity contribution >= 4 is 23.5 Å². The van der Waals surface area contributed by atoms with Crippen molar-refractivity contribution in [1.29, 1.82) is 0 Å². The van der Waals surface area contributed by atoms with Crippen molar-refractivity contribution in [3.8, 4) is 0 Å². The van der Waals surface area contributed by atoms with Gasteiger partial charge in [0.1, 0.15) is 11.6 Å². The van der Waals surface area contributed by atoms with Gasteiger partial charge in [0.05, 0.1) is 24.2 Å². The SMILES string of the molecule is C=CCSc1nc2c(c(=O)[nH]1)[C@@H](c1ccc(F)cc1)C(C(=O)OC)=C(C)N2. The number of carbonyl (C=O) groups excluding carboxylic acids is 1. The van der Waals surface area contributed by atoms with E-state index in [9.17, 15) is 14.0 Å². The molecule has 0 spiro atoms. The number of nitrogens with zero attached hydrogens (tertiary/aromatic N) is 1. The van der Waals surface area contributed by atoms with E-state index >= 15 is 0 Å². The zero-order chi connectivity index (χ0) is 19.6. The van der Waals surface area contributed by atoms with Crippen molar-refractivity contribution in [3.05, 3.63) is 75.5 Å². The molecule has 1 aliphatic heterocycles. The van der Waals surface area contributed by atoms with Gasteiger partial charge in [-0.3, -0.25) is 4.79 Å². The fourth-order valence-electron chi connectivity index (χ4n) is 3.01. The lowest BCUT2D eigenvalue weighted by Crippen LogP contribution is -2.31. The van der Waals surface area contributed by atoms with Crippen LogP contribution < -0.4 is 10.9 Å². The number of carbonyl (C=O) groups is 1. The third-order valence-electron chi connectivity index (χ3n) is 4.17. The first-order chi connectivity index (χ1) is 13.0. The molecule has 0 amide bonds. The van der Waals surface area contributed by atoms with Crippen LogP contribution in [0.2, 0.25) is 0 Å². The van der Waals surface area contributed by atoms with Crippen molar-refractivity contribution in [2.45, 2.75) is 18.0 Å². The van der Waals surface area contributed by atoms with E-state index in [4.69, 9.17) is 4.74 Å². The number of methoxy groups -OCH3 is 1. The number of hydrogen-bond acceptors (Lipinski definition) is 6. The van der Waals surface area contributed by atoms with E-state index in [0.717, 1.165) is 0 Å². The van der Waals surface area contributed by atoms with Gasteiger partial charge in [0.15, 0.2) is 5.16 Å². The molecule has 27 heavy (non-hydrogen) atoms. The van der Waals surface area contributed by atoms with Crippen molar-refractivity contribution in [1.82, 2.24) is 9.97 Å². The van der Waals surface area contributed by atoms with Gasteiger partial charge in [-0.25, -0.2) is 14.2 Å². The summed E-state index contributed by atoms with van der Waals surface area (Å²) in [5.74, 6) is -0.736. The van der Waals surface area contributed by atoms with Gasteiger partial charge < -0.3 is 15.0 Å². The van der Waals surface area contributed by atoms with Crippen LogP contribution in [0.25, 0.3) is 0 Å². The first-order valence-electron chi connectivity index (χ1n) is 8.15. The molecule has 6 nitrogen and oxygen atoms in total. The van der Waals surface area contributed by atoms with Crippen LogP contribution in [0.15, 0.2) is 58.1 Å². The molecule has 1 aromatic heterocycles. The highest BCUT2D eigenvalue weighted by Gasteiger charge is 2.36. The maximum atomic E-state index is 13.4. The molecule has 1 aliphatic rings. The highest BCUT2D eigenvalue weighted by atomic mass is 32.2. The van der Waals surface area contributed by atoms with E-state index in [1.54, 1.807) is 25.1 Å². The number of aromatic amines is 1. The van der Waals surface area contributed by atoms with Crippen molar-refractivity contribution in [2.24, 2.45) is 0 Å². The lowest BCUT2D eigenvalue weighted by molar-refractivity contribution is -0.136. The average Bonchev–Trinajstić information content (AvgIpc) is 2.65. The van der Waals surface area contributed by atoms with Gasteiger partial charge in [-0.1, -0.05) is 30.0 Å². The molecule has 1 aromatic carbocycles. The standard InChI is InChI=1S/C19H18FN3O3S/c1-4-9-27-19-22-16-15(17(24)23-19)14(11-5-7-12(20)8-6-11)13(10(2)21-16)18(25)26-3/h4-8,14H,1,9H2,2-3H3,(H2,21,22,23,24)/t14-/m0/s1. The van der Waals surface area contributed by atoms with Crippen LogP contribution in [0.3, 0.4) is 0 Å². The molecular formula is C19H18FN3O3S. The predicted octanol–water partition coefficient (Wildman–Crippen LogP) is 3.19. The molecule has 1 atom stereocenters. The summed E-state index contributed by atoms with van der Waals surface area (Å²) in [5, 5.41) is 3.47. The van der Waals surface area contributed by atoms with Crippen molar-refractivity contribution in [3.63, 3.8) is 0 Å². The molecule has 0 bridgehead atoms. The number of rotatable bonds is 5. The Kier molecular flexibility index (Phi) is 5.46. The molecule has 0 saturated carbocycles. The number of benzene rings is 1. The number of hydrogen-bond donors (Lipinski definition) is 2. The minimum atomic E-state index is -0.719. The van der Waals surface area contributed by atoms with Gasteiger partial charge in [0.25, 0.3) is 5.56 Å². The van der Waals surface area contributed by atoms with Gasteiger partial charge in [-0.05, 0) is 24.6 Å². The van der Waals surface area contributed by atoms with E-state index in [0.29, 0.717) is 28.0 Å². The van der Waals surface area contributed by atoms with E-state index in [1.165, 1.54) is 31.0 Å². The largest absolute Gasteiger partial charge is 0.466 e. The monoisotopic (exact) mass is 387 g/mol. The maximum absolute atomic E-state index is 13.4. The summed E-state index contributed by atoms with van der Waals surface area (Å²) in [7, 11) is 1.28. The number of nitrogens with one attached hydrogen (secondary N) is 2. The number of fused-ring (bicyclic) bond motifs is 1. The Balaban J connectivity index is 2.21. The molecular weight excluding hydrogens is 369 g/mol. The minimum Gasteiger partial charge on any atom is -0.466 e. The summed E-state index contributed by atoms with van der Waals surface area (Å²) in [4.78, 5) is 32.4. The molecule has 140 valence electrons. The molecule has 8 heteroatoms. The number of H-pyrrole nitrogens is 1. The highest BCUT2D eigenvalue weighted by Crippen LogP contribution is 2.40. The Hall–Kier alpha value is -2.87. The van der Waals surface area contributed by atoms with Crippen LogP contribution in [0.4, 0.5) is 10.2 Å². The lowest BCUT2D eigenvalue weighted by Gasteiger charge is -2.28. The first-order valence-corrected chi connectivity index (χ1v) is 9.14. The van der Waals surface area contributed by atoms with Crippen LogP contribution in [0, 0.1) is 5.82 Å². The van der Waals surface area contributed by atoms with Crippen LogP contribution in [-0.2, 0) is 9.53 Å². The van der Waals surface area contributed by atoms with E-state index in [-0.39, 0.29) is 16.7 Å². The summed E-state index contributed by atoms with van der Waals surface area (Å²) < 4.78 is 18.3. The van der Waals surface area contributed by atoms with Gasteiger partial charge in [0, 0.05) is 11.4 Å². The molecule has 3 rings (SSSR count). The smallest absolute Gasteiger partial charge is 0.336 e. The Labute approximate surface area is 159 Å². The fraction of sp³-hybridized carbons (Fsp3) is 0.211. The summed E-state index contributed by atoms with van der Waals surface area (Å²) in [6.07, 6.45) is 1.71. The molecule has 2 aromatic rings. The highest BCUT2D eigenvalue weighted by molar-refractivity contribution is 7.99. The minimum absolute atomic E-state index is 0.287. The first kappa shape index (κ1) is 18.9. The van der Waals surface area contributed by atoms with Crippen molar-refractivity contribution < 1.29 is 13.9 Å². The average molecular weight is 387 g/mol. The summed E-state index contributed by atoms with van der Waals surface area (Å²) in [5.41, 5.74) is 1.33. The fourth-order valence-corrected chi connectivity index (χ4v) is 3.60. The van der Waals surface area contributed by atoms with Crippen LogP contribution in [-0.4, -0.2) is 28.8 Å². The topological polar surface area (TPSA) is 84.1 Å². The Bertz CT molecular complexity index is 983. The summed E-state index contributed by atoms with van der Waals surface area (Å²) >= 11 is 1.34. The Morgan fingerprint density at radius 2 is 2.11 bits per heavy atom. The van der Waals surface area contributed by atoms with Gasteiger partial charge in [-0.15, -0.1) is 6.58 Å². The summed E-state index contributed by atoms with van der Waals surface area (Å²) in [6, 6.07) is 5.67. The van der Waals surface area contributed by atoms with Gasteiger partial charge in [0.2, 0.25) is 0 Å². The number of halogens is 1.